The van der Waals surface area contributed by atoms with Crippen molar-refractivity contribution in [2.24, 2.45) is 5.84 Å². The van der Waals surface area contributed by atoms with E-state index < -0.39 is 0 Å². The van der Waals surface area contributed by atoms with Gasteiger partial charge < -0.3 is 10.2 Å². The number of nitrogen functional groups attached to an aromatic ring is 1. The Morgan fingerprint density at radius 2 is 2.13 bits per heavy atom. The Morgan fingerprint density at radius 3 is 2.80 bits per heavy atom. The normalized spacial score (nSPS) is 9.47. The van der Waals surface area contributed by atoms with Gasteiger partial charge in [-0.15, -0.1) is 12.4 Å². The van der Waals surface area contributed by atoms with Crippen molar-refractivity contribution in [1.82, 2.24) is 4.98 Å². The highest BCUT2D eigenvalue weighted by Crippen LogP contribution is 2.27. The first-order chi connectivity index (χ1) is 6.86. The summed E-state index contributed by atoms with van der Waals surface area (Å²) < 4.78 is 5.20. The number of nitrogens with zero attached hydrogens (tertiary/aromatic N) is 1. The molecule has 4 nitrogen and oxygen atoms in total. The molecule has 0 aliphatic heterocycles. The fraction of sp³-hybridized carbons (Fsp3) is 0.100. The largest absolute Gasteiger partial charge is 0.494 e. The molecule has 0 saturated carbocycles. The number of rotatable bonds is 2. The molecule has 0 amide bonds. The van der Waals surface area contributed by atoms with Gasteiger partial charge in [-0.3, -0.25) is 10.8 Å². The van der Waals surface area contributed by atoms with E-state index in [1.54, 1.807) is 13.3 Å². The third-order valence-electron chi connectivity index (χ3n) is 2.11. The Morgan fingerprint density at radius 1 is 1.33 bits per heavy atom. The number of aromatic nitrogens is 1. The van der Waals surface area contributed by atoms with E-state index in [2.05, 4.69) is 10.4 Å². The van der Waals surface area contributed by atoms with Crippen LogP contribution in [0.5, 0.6) is 5.75 Å². The van der Waals surface area contributed by atoms with Crippen molar-refractivity contribution in [3.8, 4) is 5.75 Å². The van der Waals surface area contributed by atoms with Crippen LogP contribution in [0.15, 0.2) is 30.5 Å². The van der Waals surface area contributed by atoms with E-state index in [0.717, 1.165) is 22.3 Å². The van der Waals surface area contributed by atoms with Crippen LogP contribution >= 0.6 is 12.4 Å². The van der Waals surface area contributed by atoms with Gasteiger partial charge in [0.25, 0.3) is 0 Å². The first kappa shape index (κ1) is 11.6. The van der Waals surface area contributed by atoms with Crippen molar-refractivity contribution < 1.29 is 4.74 Å². The molecule has 2 rings (SSSR count). The lowest BCUT2D eigenvalue weighted by atomic mass is 10.2. The minimum atomic E-state index is 0. The van der Waals surface area contributed by atoms with Gasteiger partial charge in [0.15, 0.2) is 0 Å². The number of nitrogens with two attached hydrogens (primary N) is 1. The summed E-state index contributed by atoms with van der Waals surface area (Å²) >= 11 is 0. The van der Waals surface area contributed by atoms with Crippen molar-refractivity contribution in [1.29, 1.82) is 0 Å². The van der Waals surface area contributed by atoms with Gasteiger partial charge in [-0.1, -0.05) is 12.1 Å². The number of ether oxygens (including phenoxy) is 1. The maximum Gasteiger partial charge on any atom is 0.145 e. The van der Waals surface area contributed by atoms with Gasteiger partial charge in [0, 0.05) is 11.6 Å². The molecule has 80 valence electrons. The van der Waals surface area contributed by atoms with Crippen LogP contribution in [0.3, 0.4) is 0 Å². The maximum atomic E-state index is 5.39. The SMILES string of the molecule is COc1cccc2c(NN)ccnc12.Cl. The second-order valence-corrected chi connectivity index (χ2v) is 2.86. The molecule has 0 bridgehead atoms. The summed E-state index contributed by atoms with van der Waals surface area (Å²) in [6.45, 7) is 0. The minimum absolute atomic E-state index is 0. The molecular weight excluding hydrogens is 214 g/mol. The molecule has 1 heterocycles. The number of fused-ring (bicyclic) bond motifs is 1. The summed E-state index contributed by atoms with van der Waals surface area (Å²) in [6.07, 6.45) is 1.69. The average Bonchev–Trinajstić information content (AvgIpc) is 2.27. The second-order valence-electron chi connectivity index (χ2n) is 2.86. The number of hydrazine groups is 1. The summed E-state index contributed by atoms with van der Waals surface area (Å²) in [4.78, 5) is 4.24. The van der Waals surface area contributed by atoms with E-state index in [1.165, 1.54) is 0 Å². The summed E-state index contributed by atoms with van der Waals surface area (Å²) in [6, 6.07) is 7.54. The zero-order chi connectivity index (χ0) is 9.97. The molecule has 0 atom stereocenters. The molecule has 5 heteroatoms. The van der Waals surface area contributed by atoms with Crippen LogP contribution in [0.25, 0.3) is 10.9 Å². The van der Waals surface area contributed by atoms with Crippen LogP contribution in [0.1, 0.15) is 0 Å². The molecule has 15 heavy (non-hydrogen) atoms. The number of para-hydroxylation sites is 1. The highest BCUT2D eigenvalue weighted by atomic mass is 35.5. The third kappa shape index (κ3) is 1.95. The Bertz CT molecular complexity index is 418. The molecule has 1 aromatic heterocycles. The van der Waals surface area contributed by atoms with Gasteiger partial charge in [0.2, 0.25) is 0 Å². The van der Waals surface area contributed by atoms with Crippen molar-refractivity contribution in [2.45, 2.75) is 0 Å². The van der Waals surface area contributed by atoms with E-state index in [0.29, 0.717) is 0 Å². The molecule has 0 aliphatic carbocycles. The van der Waals surface area contributed by atoms with Gasteiger partial charge in [-0.2, -0.15) is 0 Å². The molecular formula is C10H12ClN3O. The summed E-state index contributed by atoms with van der Waals surface area (Å²) in [7, 11) is 1.62. The van der Waals surface area contributed by atoms with Gasteiger partial charge in [-0.25, -0.2) is 0 Å². The van der Waals surface area contributed by atoms with Crippen LogP contribution in [0.4, 0.5) is 5.69 Å². The molecule has 2 aromatic rings. The smallest absolute Gasteiger partial charge is 0.145 e. The van der Waals surface area contributed by atoms with Crippen LogP contribution in [-0.4, -0.2) is 12.1 Å². The second kappa shape index (κ2) is 4.82. The summed E-state index contributed by atoms with van der Waals surface area (Å²) in [5.74, 6) is 6.14. The standard InChI is InChI=1S/C10H11N3O.ClH/c1-14-9-4-2-3-7-8(13-11)5-6-12-10(7)9;/h2-6H,11H2,1H3,(H,12,13);1H. The Kier molecular flexibility index (Phi) is 3.71. The number of benzene rings is 1. The van der Waals surface area contributed by atoms with Gasteiger partial charge in [0.05, 0.1) is 12.8 Å². The van der Waals surface area contributed by atoms with Crippen molar-refractivity contribution in [2.75, 3.05) is 12.5 Å². The number of methoxy groups -OCH3 is 1. The molecule has 0 aliphatic rings. The first-order valence-corrected chi connectivity index (χ1v) is 4.25. The number of nitrogens with one attached hydrogen (secondary N) is 1. The Hall–Kier alpha value is -1.52. The lowest BCUT2D eigenvalue weighted by Crippen LogP contribution is -2.07. The van der Waals surface area contributed by atoms with Gasteiger partial charge in [0.1, 0.15) is 11.3 Å². The average molecular weight is 226 g/mol. The molecule has 1 aromatic carbocycles. The molecule has 0 spiro atoms. The van der Waals surface area contributed by atoms with E-state index in [4.69, 9.17) is 10.6 Å². The predicted molar refractivity (Wildman–Crippen MR) is 63.4 cm³/mol. The molecule has 0 unspecified atom stereocenters. The molecule has 0 saturated heterocycles. The topological polar surface area (TPSA) is 60.2 Å². The summed E-state index contributed by atoms with van der Waals surface area (Å²) in [5, 5.41) is 0.953. The number of anilines is 1. The zero-order valence-electron chi connectivity index (χ0n) is 8.23. The first-order valence-electron chi connectivity index (χ1n) is 4.25. The van der Waals surface area contributed by atoms with Crippen LogP contribution in [-0.2, 0) is 0 Å². The summed E-state index contributed by atoms with van der Waals surface area (Å²) in [5.41, 5.74) is 4.28. The van der Waals surface area contributed by atoms with Gasteiger partial charge >= 0.3 is 0 Å². The third-order valence-corrected chi connectivity index (χ3v) is 2.11. The molecule has 0 radical (unpaired) electrons. The predicted octanol–water partition coefficient (Wildman–Crippen LogP) is 1.95. The Labute approximate surface area is 93.8 Å². The fourth-order valence-electron chi connectivity index (χ4n) is 1.44. The quantitative estimate of drug-likeness (QED) is 0.606. The van der Waals surface area contributed by atoms with Crippen molar-refractivity contribution in [3.63, 3.8) is 0 Å². The van der Waals surface area contributed by atoms with Gasteiger partial charge in [-0.05, 0) is 12.1 Å². The van der Waals surface area contributed by atoms with E-state index >= 15 is 0 Å². The highest BCUT2D eigenvalue weighted by molar-refractivity contribution is 5.94. The Balaban J connectivity index is 0.00000112. The van der Waals surface area contributed by atoms with Crippen molar-refractivity contribution >= 4 is 29.0 Å². The maximum absolute atomic E-state index is 5.39. The van der Waals surface area contributed by atoms with Crippen molar-refractivity contribution in [3.05, 3.63) is 30.5 Å². The van der Waals surface area contributed by atoms with Crippen LogP contribution in [0, 0.1) is 0 Å². The van der Waals surface area contributed by atoms with Crippen LogP contribution < -0.4 is 16.0 Å². The molecule has 3 N–H and O–H groups in total. The lowest BCUT2D eigenvalue weighted by Gasteiger charge is -2.07. The van der Waals surface area contributed by atoms with E-state index in [9.17, 15) is 0 Å². The van der Waals surface area contributed by atoms with E-state index in [-0.39, 0.29) is 12.4 Å². The van der Waals surface area contributed by atoms with E-state index in [1.807, 2.05) is 24.3 Å². The number of hydrogen-bond donors (Lipinski definition) is 2. The minimum Gasteiger partial charge on any atom is -0.494 e. The van der Waals surface area contributed by atoms with Crippen LogP contribution in [0.2, 0.25) is 0 Å². The number of hydrogen-bond acceptors (Lipinski definition) is 4. The molecule has 0 fully saturated rings. The fourth-order valence-corrected chi connectivity index (χ4v) is 1.44. The highest BCUT2D eigenvalue weighted by Gasteiger charge is 2.04. The lowest BCUT2D eigenvalue weighted by molar-refractivity contribution is 0.419. The number of halogens is 1. The zero-order valence-corrected chi connectivity index (χ0v) is 9.04. The number of pyridine rings is 1. The monoisotopic (exact) mass is 225 g/mol.